The van der Waals surface area contributed by atoms with E-state index in [2.05, 4.69) is 5.32 Å². The number of carbonyl (C=O) groups excluding carboxylic acids is 1. The minimum Gasteiger partial charge on any atom is -0.324 e. The molecule has 0 radical (unpaired) electrons. The van der Waals surface area contributed by atoms with Crippen LogP contribution in [0.3, 0.4) is 0 Å². The normalized spacial score (nSPS) is 11.1. The van der Waals surface area contributed by atoms with Gasteiger partial charge in [0.25, 0.3) is 15.7 Å². The van der Waals surface area contributed by atoms with Crippen LogP contribution in [0.4, 0.5) is 17.1 Å². The summed E-state index contributed by atoms with van der Waals surface area (Å²) in [6.07, 6.45) is 1.41. The number of carbonyl (C=O) groups is 1. The Balaban J connectivity index is 1.99. The van der Waals surface area contributed by atoms with Gasteiger partial charge in [-0.1, -0.05) is 50.2 Å². The maximum Gasteiger partial charge on any atom is 0.269 e. The number of para-hydroxylation sites is 1. The van der Waals surface area contributed by atoms with E-state index in [0.29, 0.717) is 18.5 Å². The third-order valence-electron chi connectivity index (χ3n) is 5.23. The molecule has 0 aliphatic rings. The first kappa shape index (κ1) is 23.9. The Morgan fingerprint density at radius 1 is 0.909 bits per heavy atom. The van der Waals surface area contributed by atoms with E-state index in [1.54, 1.807) is 18.2 Å². The van der Waals surface area contributed by atoms with Crippen LogP contribution in [0.25, 0.3) is 0 Å². The van der Waals surface area contributed by atoms with Gasteiger partial charge in [0.2, 0.25) is 5.91 Å². The van der Waals surface area contributed by atoms with Gasteiger partial charge in [0.1, 0.15) is 6.54 Å². The standard InChI is InChI=1S/C24H25N3O5S/c1-3-18-9-8-10-19(4-2)24(18)25-23(28)17-26(20-13-15-21(16-14-20)27(29)30)33(31,32)22-11-6-5-7-12-22/h5-16H,3-4,17H2,1-2H3,(H,25,28). The van der Waals surface area contributed by atoms with Crippen molar-refractivity contribution in [2.75, 3.05) is 16.2 Å². The van der Waals surface area contributed by atoms with Crippen LogP contribution in [0.2, 0.25) is 0 Å². The molecule has 0 aliphatic heterocycles. The van der Waals surface area contributed by atoms with Gasteiger partial charge >= 0.3 is 0 Å². The quantitative estimate of drug-likeness (QED) is 0.367. The van der Waals surface area contributed by atoms with Gasteiger partial charge in [0, 0.05) is 17.8 Å². The summed E-state index contributed by atoms with van der Waals surface area (Å²) >= 11 is 0. The molecule has 0 spiro atoms. The number of rotatable bonds is 9. The lowest BCUT2D eigenvalue weighted by atomic mass is 10.0. The van der Waals surface area contributed by atoms with E-state index in [1.807, 2.05) is 32.0 Å². The van der Waals surface area contributed by atoms with Crippen LogP contribution >= 0.6 is 0 Å². The zero-order chi connectivity index (χ0) is 24.0. The Hall–Kier alpha value is -3.72. The molecular formula is C24H25N3O5S. The number of benzene rings is 3. The van der Waals surface area contributed by atoms with Gasteiger partial charge in [-0.2, -0.15) is 0 Å². The van der Waals surface area contributed by atoms with Crippen molar-refractivity contribution in [3.63, 3.8) is 0 Å². The van der Waals surface area contributed by atoms with Crippen LogP contribution in [0.5, 0.6) is 0 Å². The largest absolute Gasteiger partial charge is 0.324 e. The Morgan fingerprint density at radius 3 is 2.00 bits per heavy atom. The van der Waals surface area contributed by atoms with Gasteiger partial charge in [0.15, 0.2) is 0 Å². The van der Waals surface area contributed by atoms with Crippen molar-refractivity contribution in [3.8, 4) is 0 Å². The number of hydrogen-bond donors (Lipinski definition) is 1. The maximum atomic E-state index is 13.4. The van der Waals surface area contributed by atoms with Crippen molar-refractivity contribution < 1.29 is 18.1 Å². The molecule has 0 saturated carbocycles. The summed E-state index contributed by atoms with van der Waals surface area (Å²) in [5, 5.41) is 13.9. The van der Waals surface area contributed by atoms with E-state index < -0.39 is 27.4 Å². The van der Waals surface area contributed by atoms with E-state index in [9.17, 15) is 23.3 Å². The molecule has 1 N–H and O–H groups in total. The smallest absolute Gasteiger partial charge is 0.269 e. The minimum atomic E-state index is -4.10. The molecule has 0 bridgehead atoms. The first-order chi connectivity index (χ1) is 15.8. The number of sulfonamides is 1. The molecule has 0 heterocycles. The van der Waals surface area contributed by atoms with Crippen molar-refractivity contribution in [1.82, 2.24) is 0 Å². The number of non-ortho nitro benzene ring substituents is 1. The van der Waals surface area contributed by atoms with Gasteiger partial charge in [-0.3, -0.25) is 19.2 Å². The predicted molar refractivity (Wildman–Crippen MR) is 128 cm³/mol. The lowest BCUT2D eigenvalue weighted by Crippen LogP contribution is -2.38. The SMILES string of the molecule is CCc1cccc(CC)c1NC(=O)CN(c1ccc([N+](=O)[O-])cc1)S(=O)(=O)c1ccccc1. The monoisotopic (exact) mass is 467 g/mol. The van der Waals surface area contributed by atoms with Crippen LogP contribution in [0.15, 0.2) is 77.7 Å². The molecule has 3 aromatic carbocycles. The van der Waals surface area contributed by atoms with E-state index in [0.717, 1.165) is 15.4 Å². The summed E-state index contributed by atoms with van der Waals surface area (Å²) in [5.41, 5.74) is 2.57. The van der Waals surface area contributed by atoms with Gasteiger partial charge in [-0.15, -0.1) is 0 Å². The zero-order valence-corrected chi connectivity index (χ0v) is 19.2. The second kappa shape index (κ2) is 10.3. The molecule has 0 aliphatic carbocycles. The van der Waals surface area contributed by atoms with Gasteiger partial charge in [-0.05, 0) is 48.2 Å². The van der Waals surface area contributed by atoms with Crippen molar-refractivity contribution in [1.29, 1.82) is 0 Å². The highest BCUT2D eigenvalue weighted by Crippen LogP contribution is 2.27. The summed E-state index contributed by atoms with van der Waals surface area (Å²) in [6, 6.07) is 18.6. The number of nitrogens with one attached hydrogen (secondary N) is 1. The number of nitro groups is 1. The zero-order valence-electron chi connectivity index (χ0n) is 18.4. The highest BCUT2D eigenvalue weighted by molar-refractivity contribution is 7.92. The lowest BCUT2D eigenvalue weighted by molar-refractivity contribution is -0.384. The summed E-state index contributed by atoms with van der Waals surface area (Å²) < 4.78 is 27.8. The van der Waals surface area contributed by atoms with Crippen molar-refractivity contribution >= 4 is 33.0 Å². The van der Waals surface area contributed by atoms with Crippen LogP contribution in [-0.2, 0) is 27.7 Å². The fourth-order valence-electron chi connectivity index (χ4n) is 3.49. The van der Waals surface area contributed by atoms with E-state index in [1.165, 1.54) is 36.4 Å². The number of nitro benzene ring substituents is 1. The Kier molecular flexibility index (Phi) is 7.44. The molecular weight excluding hydrogens is 442 g/mol. The summed E-state index contributed by atoms with van der Waals surface area (Å²) in [7, 11) is -4.10. The molecule has 8 nitrogen and oxygen atoms in total. The van der Waals surface area contributed by atoms with Crippen molar-refractivity contribution in [2.24, 2.45) is 0 Å². The molecule has 0 atom stereocenters. The van der Waals surface area contributed by atoms with Gasteiger partial charge < -0.3 is 5.32 Å². The average molecular weight is 468 g/mol. The number of amides is 1. The van der Waals surface area contributed by atoms with Crippen LogP contribution < -0.4 is 9.62 Å². The third-order valence-corrected chi connectivity index (χ3v) is 7.02. The number of nitrogens with zero attached hydrogens (tertiary/aromatic N) is 2. The molecule has 172 valence electrons. The van der Waals surface area contributed by atoms with Gasteiger partial charge in [0.05, 0.1) is 15.5 Å². The van der Waals surface area contributed by atoms with Crippen molar-refractivity contribution in [2.45, 2.75) is 31.6 Å². The maximum absolute atomic E-state index is 13.4. The van der Waals surface area contributed by atoms with Crippen LogP contribution in [-0.4, -0.2) is 25.8 Å². The molecule has 3 aromatic rings. The lowest BCUT2D eigenvalue weighted by Gasteiger charge is -2.24. The van der Waals surface area contributed by atoms with Crippen molar-refractivity contribution in [3.05, 3.63) is 94.0 Å². The van der Waals surface area contributed by atoms with Gasteiger partial charge in [-0.25, -0.2) is 8.42 Å². The Labute approximate surface area is 193 Å². The summed E-state index contributed by atoms with van der Waals surface area (Å²) in [6.45, 7) is 3.47. The summed E-state index contributed by atoms with van der Waals surface area (Å²) in [4.78, 5) is 23.5. The predicted octanol–water partition coefficient (Wildman–Crippen LogP) is 4.55. The number of anilines is 2. The second-order valence-electron chi connectivity index (χ2n) is 7.30. The topological polar surface area (TPSA) is 110 Å². The highest BCUT2D eigenvalue weighted by atomic mass is 32.2. The first-order valence-corrected chi connectivity index (χ1v) is 11.9. The third kappa shape index (κ3) is 5.38. The molecule has 0 aromatic heterocycles. The van der Waals surface area contributed by atoms with Crippen LogP contribution in [0, 0.1) is 10.1 Å². The molecule has 9 heteroatoms. The van der Waals surface area contributed by atoms with Crippen LogP contribution in [0.1, 0.15) is 25.0 Å². The van der Waals surface area contributed by atoms with E-state index in [4.69, 9.17) is 0 Å². The molecule has 1 amide bonds. The Morgan fingerprint density at radius 2 is 1.48 bits per heavy atom. The Bertz CT molecular complexity index is 1220. The number of hydrogen-bond acceptors (Lipinski definition) is 5. The fourth-order valence-corrected chi connectivity index (χ4v) is 4.93. The molecule has 3 rings (SSSR count). The average Bonchev–Trinajstić information content (AvgIpc) is 2.83. The molecule has 0 unspecified atom stereocenters. The summed E-state index contributed by atoms with van der Waals surface area (Å²) in [5.74, 6) is -0.511. The molecule has 33 heavy (non-hydrogen) atoms. The molecule has 0 saturated heterocycles. The minimum absolute atomic E-state index is 0.0133. The fraction of sp³-hybridized carbons (Fsp3) is 0.208. The van der Waals surface area contributed by atoms with E-state index in [-0.39, 0.29) is 16.3 Å². The highest BCUT2D eigenvalue weighted by Gasteiger charge is 2.28. The second-order valence-corrected chi connectivity index (χ2v) is 9.17. The van der Waals surface area contributed by atoms with E-state index >= 15 is 0 Å². The first-order valence-electron chi connectivity index (χ1n) is 10.5. The number of aryl methyl sites for hydroxylation is 2. The molecule has 0 fully saturated rings.